The van der Waals surface area contributed by atoms with Gasteiger partial charge in [-0.2, -0.15) is 0 Å². The molecule has 1 unspecified atom stereocenters. The number of nitrogens with zero attached hydrogens (tertiary/aromatic N) is 2. The van der Waals surface area contributed by atoms with Gasteiger partial charge in [-0.1, -0.05) is 31.4 Å². The van der Waals surface area contributed by atoms with E-state index in [1.165, 1.54) is 6.42 Å². The molecule has 1 rings (SSSR count). The van der Waals surface area contributed by atoms with Gasteiger partial charge in [-0.05, 0) is 6.42 Å². The molecule has 1 heterocycles. The summed E-state index contributed by atoms with van der Waals surface area (Å²) in [6.45, 7) is 2.14. The fourth-order valence-corrected chi connectivity index (χ4v) is 1.11. The van der Waals surface area contributed by atoms with E-state index < -0.39 is 6.10 Å². The number of rotatable bonds is 5. The average molecular weight is 169 g/mol. The van der Waals surface area contributed by atoms with Gasteiger partial charge in [0.25, 0.3) is 0 Å². The van der Waals surface area contributed by atoms with Crippen molar-refractivity contribution in [2.45, 2.75) is 38.7 Å². The highest BCUT2D eigenvalue weighted by atomic mass is 16.3. The van der Waals surface area contributed by atoms with Crippen LogP contribution in [0.1, 0.15) is 44.4 Å². The lowest BCUT2D eigenvalue weighted by Crippen LogP contribution is -1.97. The van der Waals surface area contributed by atoms with Gasteiger partial charge in [0, 0.05) is 6.20 Å². The van der Waals surface area contributed by atoms with E-state index in [1.807, 2.05) is 0 Å². The Morgan fingerprint density at radius 2 is 2.42 bits per heavy atom. The van der Waals surface area contributed by atoms with Crippen LogP contribution in [-0.2, 0) is 0 Å². The van der Waals surface area contributed by atoms with E-state index >= 15 is 0 Å². The van der Waals surface area contributed by atoms with E-state index in [2.05, 4.69) is 22.3 Å². The maximum Gasteiger partial charge on any atom is 0.111 e. The zero-order chi connectivity index (χ0) is 8.81. The molecule has 1 aromatic rings. The maximum absolute atomic E-state index is 9.51. The number of nitrogens with one attached hydrogen (secondary N) is 1. The first-order valence-corrected chi connectivity index (χ1v) is 4.39. The summed E-state index contributed by atoms with van der Waals surface area (Å²) < 4.78 is 0. The summed E-state index contributed by atoms with van der Waals surface area (Å²) in [5.41, 5.74) is 0.645. The highest BCUT2D eigenvalue weighted by Crippen LogP contribution is 2.15. The molecule has 0 radical (unpaired) electrons. The van der Waals surface area contributed by atoms with Crippen molar-refractivity contribution in [3.8, 4) is 0 Å². The Hall–Kier alpha value is -0.900. The third-order valence-electron chi connectivity index (χ3n) is 1.86. The van der Waals surface area contributed by atoms with Crippen LogP contribution < -0.4 is 0 Å². The Kier molecular flexibility index (Phi) is 3.73. The third kappa shape index (κ3) is 2.62. The molecule has 0 saturated heterocycles. The molecule has 0 bridgehead atoms. The Bertz CT molecular complexity index is 198. The summed E-state index contributed by atoms with van der Waals surface area (Å²) in [5.74, 6) is 0. The highest BCUT2D eigenvalue weighted by molar-refractivity contribution is 4.95. The molecule has 0 spiro atoms. The van der Waals surface area contributed by atoms with Crippen LogP contribution in [0.4, 0.5) is 0 Å². The number of aliphatic hydroxyl groups is 1. The maximum atomic E-state index is 9.51. The number of H-pyrrole nitrogens is 1. The smallest absolute Gasteiger partial charge is 0.111 e. The van der Waals surface area contributed by atoms with Gasteiger partial charge in [0.15, 0.2) is 0 Å². The standard InChI is InChI=1S/C8H15N3O/c1-2-3-4-5-8(12)7-6-9-11-10-7/h6,8,12H,2-5H2,1H3,(H,9,10,11). The van der Waals surface area contributed by atoms with E-state index in [9.17, 15) is 5.11 Å². The minimum atomic E-state index is -0.449. The summed E-state index contributed by atoms with van der Waals surface area (Å²) in [6.07, 6.45) is 5.34. The first kappa shape index (κ1) is 9.19. The fraction of sp³-hybridized carbons (Fsp3) is 0.750. The Labute approximate surface area is 72.0 Å². The molecule has 0 amide bonds. The molecule has 0 aliphatic heterocycles. The normalized spacial score (nSPS) is 13.2. The van der Waals surface area contributed by atoms with E-state index in [-0.39, 0.29) is 0 Å². The largest absolute Gasteiger partial charge is 0.387 e. The molecule has 4 heteroatoms. The molecular weight excluding hydrogens is 154 g/mol. The lowest BCUT2D eigenvalue weighted by molar-refractivity contribution is 0.159. The quantitative estimate of drug-likeness (QED) is 0.655. The Morgan fingerprint density at radius 1 is 1.58 bits per heavy atom. The van der Waals surface area contributed by atoms with Crippen molar-refractivity contribution in [2.75, 3.05) is 0 Å². The number of aromatic amines is 1. The topological polar surface area (TPSA) is 61.8 Å². The number of hydrogen-bond acceptors (Lipinski definition) is 3. The summed E-state index contributed by atoms with van der Waals surface area (Å²) in [4.78, 5) is 0. The summed E-state index contributed by atoms with van der Waals surface area (Å²) in [7, 11) is 0. The lowest BCUT2D eigenvalue weighted by atomic mass is 10.1. The van der Waals surface area contributed by atoms with Crippen LogP contribution in [0.15, 0.2) is 6.20 Å². The van der Waals surface area contributed by atoms with Crippen molar-refractivity contribution in [2.24, 2.45) is 0 Å². The van der Waals surface area contributed by atoms with Gasteiger partial charge in [-0.15, -0.1) is 5.10 Å². The summed E-state index contributed by atoms with van der Waals surface area (Å²) in [5, 5.41) is 19.4. The molecule has 0 fully saturated rings. The SMILES string of the molecule is CCCCCC(O)c1c[nH]nn1. The molecule has 0 aliphatic rings. The van der Waals surface area contributed by atoms with Gasteiger partial charge in [0.2, 0.25) is 0 Å². The van der Waals surface area contributed by atoms with Crippen molar-refractivity contribution in [3.05, 3.63) is 11.9 Å². The number of aromatic nitrogens is 3. The van der Waals surface area contributed by atoms with Crippen LogP contribution in [0.3, 0.4) is 0 Å². The highest BCUT2D eigenvalue weighted by Gasteiger charge is 2.08. The van der Waals surface area contributed by atoms with Crippen molar-refractivity contribution in [1.29, 1.82) is 0 Å². The number of aliphatic hydroxyl groups excluding tert-OH is 1. The number of unbranched alkanes of at least 4 members (excludes halogenated alkanes) is 2. The second-order valence-electron chi connectivity index (χ2n) is 2.91. The van der Waals surface area contributed by atoms with Crippen molar-refractivity contribution in [3.63, 3.8) is 0 Å². The first-order valence-electron chi connectivity index (χ1n) is 4.39. The second-order valence-corrected chi connectivity index (χ2v) is 2.91. The molecule has 0 aromatic carbocycles. The molecule has 0 saturated carbocycles. The molecule has 1 aromatic heterocycles. The third-order valence-corrected chi connectivity index (χ3v) is 1.86. The Morgan fingerprint density at radius 3 is 3.00 bits per heavy atom. The minimum Gasteiger partial charge on any atom is -0.387 e. The van der Waals surface area contributed by atoms with Gasteiger partial charge in [0.1, 0.15) is 5.69 Å². The van der Waals surface area contributed by atoms with Gasteiger partial charge < -0.3 is 5.11 Å². The van der Waals surface area contributed by atoms with Crippen LogP contribution in [0.2, 0.25) is 0 Å². The molecule has 2 N–H and O–H groups in total. The van der Waals surface area contributed by atoms with E-state index in [4.69, 9.17) is 0 Å². The predicted octanol–water partition coefficient (Wildman–Crippen LogP) is 1.42. The molecule has 4 nitrogen and oxygen atoms in total. The summed E-state index contributed by atoms with van der Waals surface area (Å²) >= 11 is 0. The summed E-state index contributed by atoms with van der Waals surface area (Å²) in [6, 6.07) is 0. The van der Waals surface area contributed by atoms with Gasteiger partial charge in [-0.3, -0.25) is 5.10 Å². The zero-order valence-corrected chi connectivity index (χ0v) is 7.32. The van der Waals surface area contributed by atoms with E-state index in [0.29, 0.717) is 5.69 Å². The molecule has 12 heavy (non-hydrogen) atoms. The van der Waals surface area contributed by atoms with Crippen LogP contribution in [0.5, 0.6) is 0 Å². The fourth-order valence-electron chi connectivity index (χ4n) is 1.11. The van der Waals surface area contributed by atoms with Crippen LogP contribution in [0, 0.1) is 0 Å². The minimum absolute atomic E-state index is 0.449. The molecule has 1 atom stereocenters. The van der Waals surface area contributed by atoms with Crippen LogP contribution in [-0.4, -0.2) is 20.5 Å². The van der Waals surface area contributed by atoms with Crippen LogP contribution >= 0.6 is 0 Å². The second kappa shape index (κ2) is 4.87. The zero-order valence-electron chi connectivity index (χ0n) is 7.32. The molecule has 0 aliphatic carbocycles. The molecular formula is C8H15N3O. The van der Waals surface area contributed by atoms with Gasteiger partial charge in [0.05, 0.1) is 6.10 Å². The lowest BCUT2D eigenvalue weighted by Gasteiger charge is -2.04. The van der Waals surface area contributed by atoms with Crippen LogP contribution in [0.25, 0.3) is 0 Å². The monoisotopic (exact) mass is 169 g/mol. The first-order chi connectivity index (χ1) is 5.84. The predicted molar refractivity (Wildman–Crippen MR) is 45.5 cm³/mol. The van der Waals surface area contributed by atoms with Crippen molar-refractivity contribution >= 4 is 0 Å². The van der Waals surface area contributed by atoms with E-state index in [0.717, 1.165) is 19.3 Å². The van der Waals surface area contributed by atoms with Gasteiger partial charge in [-0.25, -0.2) is 0 Å². The van der Waals surface area contributed by atoms with Gasteiger partial charge >= 0.3 is 0 Å². The average Bonchev–Trinajstić information content (AvgIpc) is 2.56. The Balaban J connectivity index is 2.25. The number of hydrogen-bond donors (Lipinski definition) is 2. The molecule has 68 valence electrons. The van der Waals surface area contributed by atoms with Crippen molar-refractivity contribution < 1.29 is 5.11 Å². The van der Waals surface area contributed by atoms with Crippen molar-refractivity contribution in [1.82, 2.24) is 15.4 Å². The van der Waals surface area contributed by atoms with E-state index in [1.54, 1.807) is 6.20 Å².